The maximum Gasteiger partial charge on any atom is 0.275 e. The zero-order valence-corrected chi connectivity index (χ0v) is 20.2. The van der Waals surface area contributed by atoms with E-state index in [1.165, 1.54) is 0 Å². The number of aromatic nitrogens is 3. The standard InChI is InChI=1S/C24H36N6O3/c1-5-8-21(31)25-17(4)22-24(32)26-23(28-27-22)19-15-18(9-10-20(19)33-7-3)16-30-13-11-29(6-2)12-14-30/h9-10,15,17H,5-8,11-14,16H2,1-4H3,(H,25,31)(H,26,28,32). The predicted molar refractivity (Wildman–Crippen MR) is 128 cm³/mol. The van der Waals surface area contributed by atoms with Crippen molar-refractivity contribution in [2.24, 2.45) is 0 Å². The average molecular weight is 457 g/mol. The fraction of sp³-hybridized carbons (Fsp3) is 0.583. The third-order valence-electron chi connectivity index (χ3n) is 5.90. The molecule has 9 nitrogen and oxygen atoms in total. The Hall–Kier alpha value is -2.78. The van der Waals surface area contributed by atoms with Crippen molar-refractivity contribution in [3.05, 3.63) is 39.8 Å². The summed E-state index contributed by atoms with van der Waals surface area (Å²) in [5.74, 6) is 0.900. The van der Waals surface area contributed by atoms with Crippen molar-refractivity contribution in [1.29, 1.82) is 0 Å². The van der Waals surface area contributed by atoms with Crippen molar-refractivity contribution in [3.8, 4) is 17.1 Å². The van der Waals surface area contributed by atoms with Gasteiger partial charge in [-0.1, -0.05) is 19.9 Å². The topological polar surface area (TPSA) is 103 Å². The molecule has 1 aliphatic rings. The number of amides is 1. The molecule has 1 unspecified atom stereocenters. The number of rotatable bonds is 10. The van der Waals surface area contributed by atoms with Crippen LogP contribution in [0.2, 0.25) is 0 Å². The van der Waals surface area contributed by atoms with Crippen LogP contribution in [0, 0.1) is 0 Å². The maximum absolute atomic E-state index is 12.8. The number of likely N-dealkylation sites (N-methyl/N-ethyl adjacent to an activating group) is 1. The van der Waals surface area contributed by atoms with Crippen molar-refractivity contribution >= 4 is 5.91 Å². The van der Waals surface area contributed by atoms with E-state index in [0.717, 1.165) is 51.3 Å². The number of carbonyl (C=O) groups is 1. The van der Waals surface area contributed by atoms with Gasteiger partial charge in [0, 0.05) is 39.1 Å². The minimum absolute atomic E-state index is 0.110. The minimum atomic E-state index is -0.520. The van der Waals surface area contributed by atoms with Crippen LogP contribution in [0.5, 0.6) is 5.75 Å². The molecule has 0 saturated carbocycles. The Morgan fingerprint density at radius 2 is 1.88 bits per heavy atom. The molecular weight excluding hydrogens is 420 g/mol. The van der Waals surface area contributed by atoms with Crippen LogP contribution in [-0.4, -0.2) is 70.2 Å². The van der Waals surface area contributed by atoms with Crippen LogP contribution in [0.3, 0.4) is 0 Å². The summed E-state index contributed by atoms with van der Waals surface area (Å²) < 4.78 is 5.80. The summed E-state index contributed by atoms with van der Waals surface area (Å²) in [6, 6.07) is 5.49. The highest BCUT2D eigenvalue weighted by molar-refractivity contribution is 5.76. The molecular formula is C24H36N6O3. The Kier molecular flexibility index (Phi) is 8.96. The van der Waals surface area contributed by atoms with E-state index < -0.39 is 6.04 Å². The molecule has 1 saturated heterocycles. The molecule has 2 aromatic rings. The first-order valence-electron chi connectivity index (χ1n) is 11.9. The average Bonchev–Trinajstić information content (AvgIpc) is 2.80. The Labute approximate surface area is 195 Å². The van der Waals surface area contributed by atoms with Crippen molar-refractivity contribution in [2.45, 2.75) is 53.1 Å². The van der Waals surface area contributed by atoms with Gasteiger partial charge in [-0.2, -0.15) is 0 Å². The Morgan fingerprint density at radius 3 is 2.52 bits per heavy atom. The molecule has 33 heavy (non-hydrogen) atoms. The molecule has 1 aliphatic heterocycles. The summed E-state index contributed by atoms with van der Waals surface area (Å²) >= 11 is 0. The SMILES string of the molecule is CCCC(=O)NC(C)c1nnc(-c2cc(CN3CCN(CC)CC3)ccc2OCC)[nH]c1=O. The van der Waals surface area contributed by atoms with Crippen LogP contribution in [0.1, 0.15) is 57.8 Å². The minimum Gasteiger partial charge on any atom is -0.493 e. The molecule has 2 heterocycles. The summed E-state index contributed by atoms with van der Waals surface area (Å²) in [4.78, 5) is 32.4. The highest BCUT2D eigenvalue weighted by Gasteiger charge is 2.19. The first-order valence-corrected chi connectivity index (χ1v) is 11.9. The molecule has 0 spiro atoms. The molecule has 1 atom stereocenters. The van der Waals surface area contributed by atoms with E-state index in [4.69, 9.17) is 4.74 Å². The van der Waals surface area contributed by atoms with Crippen molar-refractivity contribution < 1.29 is 9.53 Å². The van der Waals surface area contributed by atoms with Crippen LogP contribution < -0.4 is 15.6 Å². The van der Waals surface area contributed by atoms with Gasteiger partial charge in [0.1, 0.15) is 5.75 Å². The zero-order chi connectivity index (χ0) is 23.8. The number of nitrogens with zero attached hydrogens (tertiary/aromatic N) is 4. The molecule has 2 N–H and O–H groups in total. The lowest BCUT2D eigenvalue weighted by Crippen LogP contribution is -2.45. The van der Waals surface area contributed by atoms with E-state index in [0.29, 0.717) is 30.2 Å². The lowest BCUT2D eigenvalue weighted by molar-refractivity contribution is -0.121. The van der Waals surface area contributed by atoms with E-state index in [2.05, 4.69) is 43.3 Å². The van der Waals surface area contributed by atoms with Gasteiger partial charge in [0.25, 0.3) is 5.56 Å². The van der Waals surface area contributed by atoms with E-state index in [9.17, 15) is 9.59 Å². The van der Waals surface area contributed by atoms with E-state index in [-0.39, 0.29) is 17.2 Å². The summed E-state index contributed by atoms with van der Waals surface area (Å²) in [5.41, 5.74) is 1.66. The molecule has 0 radical (unpaired) electrons. The summed E-state index contributed by atoms with van der Waals surface area (Å²) in [6.45, 7) is 14.4. The Morgan fingerprint density at radius 1 is 1.15 bits per heavy atom. The second-order valence-corrected chi connectivity index (χ2v) is 8.40. The summed E-state index contributed by atoms with van der Waals surface area (Å²) in [5, 5.41) is 11.2. The number of carbonyl (C=O) groups excluding carboxylic acids is 1. The van der Waals surface area contributed by atoms with Gasteiger partial charge >= 0.3 is 0 Å². The molecule has 3 rings (SSSR count). The van der Waals surface area contributed by atoms with Crippen molar-refractivity contribution in [1.82, 2.24) is 30.3 Å². The molecule has 9 heteroatoms. The molecule has 1 fully saturated rings. The molecule has 1 aromatic carbocycles. The van der Waals surface area contributed by atoms with Gasteiger partial charge in [-0.25, -0.2) is 0 Å². The van der Waals surface area contributed by atoms with Crippen LogP contribution in [-0.2, 0) is 11.3 Å². The Balaban J connectivity index is 1.81. The molecule has 0 aliphatic carbocycles. The van der Waals surface area contributed by atoms with Crippen LogP contribution in [0.4, 0.5) is 0 Å². The number of H-pyrrole nitrogens is 1. The fourth-order valence-corrected chi connectivity index (χ4v) is 4.02. The van der Waals surface area contributed by atoms with Crippen molar-refractivity contribution in [2.75, 3.05) is 39.3 Å². The quantitative estimate of drug-likeness (QED) is 0.566. The lowest BCUT2D eigenvalue weighted by atomic mass is 10.1. The summed E-state index contributed by atoms with van der Waals surface area (Å²) in [7, 11) is 0. The van der Waals surface area contributed by atoms with E-state index >= 15 is 0 Å². The fourth-order valence-electron chi connectivity index (χ4n) is 4.02. The molecule has 1 aromatic heterocycles. The number of hydrogen-bond donors (Lipinski definition) is 2. The number of aromatic amines is 1. The van der Waals surface area contributed by atoms with Crippen LogP contribution in [0.15, 0.2) is 23.0 Å². The third kappa shape index (κ3) is 6.61. The zero-order valence-electron chi connectivity index (χ0n) is 20.2. The van der Waals surface area contributed by atoms with Gasteiger partial charge in [0.2, 0.25) is 5.91 Å². The van der Waals surface area contributed by atoms with Gasteiger partial charge in [0.05, 0.1) is 18.2 Å². The number of hydrogen-bond acceptors (Lipinski definition) is 7. The van der Waals surface area contributed by atoms with E-state index in [1.807, 2.05) is 26.0 Å². The molecule has 0 bridgehead atoms. The monoisotopic (exact) mass is 456 g/mol. The Bertz CT molecular complexity index is 984. The smallest absolute Gasteiger partial charge is 0.275 e. The molecule has 1 amide bonds. The highest BCUT2D eigenvalue weighted by Crippen LogP contribution is 2.29. The van der Waals surface area contributed by atoms with Gasteiger partial charge in [-0.15, -0.1) is 10.2 Å². The second kappa shape index (κ2) is 11.9. The van der Waals surface area contributed by atoms with E-state index in [1.54, 1.807) is 6.92 Å². The number of nitrogens with one attached hydrogen (secondary N) is 2. The number of benzene rings is 1. The van der Waals surface area contributed by atoms with Crippen LogP contribution in [0.25, 0.3) is 11.4 Å². The highest BCUT2D eigenvalue weighted by atomic mass is 16.5. The predicted octanol–water partition coefficient (Wildman–Crippen LogP) is 2.35. The number of ether oxygens (including phenoxy) is 1. The van der Waals surface area contributed by atoms with Gasteiger partial charge in [-0.3, -0.25) is 14.5 Å². The largest absolute Gasteiger partial charge is 0.493 e. The van der Waals surface area contributed by atoms with Crippen molar-refractivity contribution in [3.63, 3.8) is 0 Å². The van der Waals surface area contributed by atoms with Gasteiger partial charge in [0.15, 0.2) is 11.5 Å². The number of piperazine rings is 1. The first kappa shape index (κ1) is 24.9. The lowest BCUT2D eigenvalue weighted by Gasteiger charge is -2.34. The molecule has 180 valence electrons. The van der Waals surface area contributed by atoms with Gasteiger partial charge in [-0.05, 0) is 44.5 Å². The van der Waals surface area contributed by atoms with Crippen LogP contribution >= 0.6 is 0 Å². The third-order valence-corrected chi connectivity index (χ3v) is 5.90. The maximum atomic E-state index is 12.8. The second-order valence-electron chi connectivity index (χ2n) is 8.40. The summed E-state index contributed by atoms with van der Waals surface area (Å²) in [6.07, 6.45) is 1.15. The first-order chi connectivity index (χ1) is 15.9. The van der Waals surface area contributed by atoms with Gasteiger partial charge < -0.3 is 19.9 Å². The normalized spacial score (nSPS) is 15.9.